The molecule has 2 heterocycles. The molecule has 130 valence electrons. The third kappa shape index (κ3) is 3.20. The number of nitrogens with one attached hydrogen (secondary N) is 1. The fourth-order valence-electron chi connectivity index (χ4n) is 3.26. The Labute approximate surface area is 141 Å². The fraction of sp³-hybridized carbons (Fsp3) is 0.667. The van der Waals surface area contributed by atoms with Gasteiger partial charge >= 0.3 is 0 Å². The average molecular weight is 332 g/mol. The van der Waals surface area contributed by atoms with Crippen molar-refractivity contribution in [1.29, 1.82) is 0 Å². The lowest BCUT2D eigenvalue weighted by Crippen LogP contribution is -2.41. The highest BCUT2D eigenvalue weighted by Gasteiger charge is 2.29. The summed E-state index contributed by atoms with van der Waals surface area (Å²) in [5, 5.41) is 3.09. The summed E-state index contributed by atoms with van der Waals surface area (Å²) >= 11 is 0. The van der Waals surface area contributed by atoms with Crippen LogP contribution in [0.15, 0.2) is 10.9 Å². The molecule has 24 heavy (non-hydrogen) atoms. The normalized spacial score (nSPS) is 20.7. The number of aromatic nitrogens is 1. The number of rotatable bonds is 5. The van der Waals surface area contributed by atoms with Crippen molar-refractivity contribution < 1.29 is 14.3 Å². The Morgan fingerprint density at radius 2 is 2.12 bits per heavy atom. The number of ether oxygens (including phenoxy) is 2. The first-order chi connectivity index (χ1) is 11.7. The Morgan fingerprint density at radius 3 is 2.83 bits per heavy atom. The molecule has 0 unspecified atom stereocenters. The van der Waals surface area contributed by atoms with Crippen LogP contribution < -0.4 is 15.6 Å². The van der Waals surface area contributed by atoms with E-state index in [1.54, 1.807) is 4.57 Å². The largest absolute Gasteiger partial charge is 0.492 e. The molecule has 4 rings (SSSR count). The predicted octanol–water partition coefficient (Wildman–Crippen LogP) is 1.49. The molecule has 0 radical (unpaired) electrons. The van der Waals surface area contributed by atoms with Gasteiger partial charge in [-0.05, 0) is 38.0 Å². The summed E-state index contributed by atoms with van der Waals surface area (Å²) in [6.07, 6.45) is 6.12. The average Bonchev–Trinajstić information content (AvgIpc) is 3.35. The minimum atomic E-state index is -0.115. The number of amides is 1. The van der Waals surface area contributed by atoms with Gasteiger partial charge in [-0.25, -0.2) is 0 Å². The molecule has 1 aliphatic heterocycles. The van der Waals surface area contributed by atoms with Crippen molar-refractivity contribution in [2.45, 2.75) is 51.1 Å². The molecule has 2 fully saturated rings. The highest BCUT2D eigenvalue weighted by atomic mass is 16.5. The first kappa shape index (κ1) is 15.7. The second kappa shape index (κ2) is 6.59. The van der Waals surface area contributed by atoms with E-state index in [0.29, 0.717) is 50.0 Å². The summed E-state index contributed by atoms with van der Waals surface area (Å²) in [5.41, 5.74) is 1.18. The van der Waals surface area contributed by atoms with Gasteiger partial charge < -0.3 is 19.4 Å². The maximum Gasteiger partial charge on any atom is 0.257 e. The molecule has 6 heteroatoms. The van der Waals surface area contributed by atoms with Crippen molar-refractivity contribution in [3.05, 3.63) is 27.7 Å². The molecule has 2 saturated carbocycles. The van der Waals surface area contributed by atoms with E-state index in [1.165, 1.54) is 18.9 Å². The molecule has 1 amide bonds. The van der Waals surface area contributed by atoms with Gasteiger partial charge in [0.05, 0.1) is 19.8 Å². The lowest BCUT2D eigenvalue weighted by Gasteiger charge is -2.27. The Balaban J connectivity index is 1.69. The Kier molecular flexibility index (Phi) is 4.31. The molecule has 1 N–H and O–H groups in total. The van der Waals surface area contributed by atoms with E-state index in [0.717, 1.165) is 25.0 Å². The summed E-state index contributed by atoms with van der Waals surface area (Å²) in [4.78, 5) is 25.3. The van der Waals surface area contributed by atoms with Crippen LogP contribution in [0.1, 0.15) is 48.2 Å². The molecule has 6 nitrogen and oxygen atoms in total. The van der Waals surface area contributed by atoms with Gasteiger partial charge in [-0.1, -0.05) is 0 Å². The minimum absolute atomic E-state index is 0.110. The van der Waals surface area contributed by atoms with Gasteiger partial charge in [-0.2, -0.15) is 0 Å². The number of carbonyl (C=O) groups excluding carboxylic acids is 1. The van der Waals surface area contributed by atoms with E-state index < -0.39 is 0 Å². The van der Waals surface area contributed by atoms with Crippen LogP contribution in [0.5, 0.6) is 5.75 Å². The Morgan fingerprint density at radius 1 is 1.29 bits per heavy atom. The van der Waals surface area contributed by atoms with Crippen molar-refractivity contribution in [2.75, 3.05) is 19.8 Å². The van der Waals surface area contributed by atoms with Crippen LogP contribution in [-0.4, -0.2) is 36.3 Å². The second-order valence-corrected chi connectivity index (χ2v) is 7.04. The molecule has 0 spiro atoms. The minimum Gasteiger partial charge on any atom is -0.492 e. The monoisotopic (exact) mass is 332 g/mol. The number of hydrogen-bond donors (Lipinski definition) is 1. The zero-order valence-electron chi connectivity index (χ0n) is 13.9. The van der Waals surface area contributed by atoms with Crippen LogP contribution in [0.2, 0.25) is 0 Å². The zero-order chi connectivity index (χ0) is 16.5. The number of hydrogen-bond acceptors (Lipinski definition) is 4. The molecule has 0 bridgehead atoms. The zero-order valence-corrected chi connectivity index (χ0v) is 13.9. The summed E-state index contributed by atoms with van der Waals surface area (Å²) in [5.74, 6) is 0.894. The van der Waals surface area contributed by atoms with E-state index >= 15 is 0 Å². The van der Waals surface area contributed by atoms with Crippen LogP contribution >= 0.6 is 0 Å². The van der Waals surface area contributed by atoms with Gasteiger partial charge in [-0.3, -0.25) is 9.59 Å². The van der Waals surface area contributed by atoms with E-state index in [9.17, 15) is 9.59 Å². The van der Waals surface area contributed by atoms with Crippen molar-refractivity contribution in [1.82, 2.24) is 9.88 Å². The summed E-state index contributed by atoms with van der Waals surface area (Å²) < 4.78 is 13.1. The maximum absolute atomic E-state index is 12.9. The number of pyridine rings is 1. The maximum atomic E-state index is 12.9. The van der Waals surface area contributed by atoms with Gasteiger partial charge in [-0.15, -0.1) is 0 Å². The Hall–Kier alpha value is -1.82. The molecule has 2 aliphatic carbocycles. The highest BCUT2D eigenvalue weighted by molar-refractivity contribution is 5.98. The quantitative estimate of drug-likeness (QED) is 0.887. The van der Waals surface area contributed by atoms with Gasteiger partial charge in [0.2, 0.25) is 0 Å². The lowest BCUT2D eigenvalue weighted by molar-refractivity contribution is 0.0910. The van der Waals surface area contributed by atoms with Gasteiger partial charge in [0.1, 0.15) is 11.3 Å². The van der Waals surface area contributed by atoms with E-state index in [-0.39, 0.29) is 17.5 Å². The highest BCUT2D eigenvalue weighted by Crippen LogP contribution is 2.31. The number of nitrogens with zero attached hydrogens (tertiary/aromatic N) is 1. The SMILES string of the molecule is O=C(NC1CCC1)c1c(OCC2CC2)cc(=O)n2c1CCOCC2. The fourth-order valence-corrected chi connectivity index (χ4v) is 3.26. The van der Waals surface area contributed by atoms with E-state index in [1.807, 2.05) is 0 Å². The van der Waals surface area contributed by atoms with Crippen molar-refractivity contribution in [3.63, 3.8) is 0 Å². The third-order valence-corrected chi connectivity index (χ3v) is 5.16. The molecule has 0 saturated heterocycles. The second-order valence-electron chi connectivity index (χ2n) is 7.04. The number of fused-ring (bicyclic) bond motifs is 1. The molecule has 1 aromatic rings. The van der Waals surface area contributed by atoms with Gasteiger partial charge in [0.15, 0.2) is 0 Å². The van der Waals surface area contributed by atoms with Crippen LogP contribution in [-0.2, 0) is 17.7 Å². The molecular formula is C18H24N2O4. The van der Waals surface area contributed by atoms with Crippen molar-refractivity contribution in [3.8, 4) is 5.75 Å². The van der Waals surface area contributed by atoms with Gasteiger partial charge in [0.25, 0.3) is 11.5 Å². The van der Waals surface area contributed by atoms with Crippen LogP contribution in [0.4, 0.5) is 0 Å². The molecule has 3 aliphatic rings. The number of carbonyl (C=O) groups is 1. The van der Waals surface area contributed by atoms with Crippen molar-refractivity contribution >= 4 is 5.91 Å². The predicted molar refractivity (Wildman–Crippen MR) is 88.5 cm³/mol. The first-order valence-electron chi connectivity index (χ1n) is 9.00. The molecule has 0 aromatic carbocycles. The van der Waals surface area contributed by atoms with Gasteiger partial charge in [0, 0.05) is 30.8 Å². The van der Waals surface area contributed by atoms with Crippen LogP contribution in [0.3, 0.4) is 0 Å². The summed E-state index contributed by atoms with van der Waals surface area (Å²) in [6, 6.07) is 1.73. The van der Waals surface area contributed by atoms with Crippen molar-refractivity contribution in [2.24, 2.45) is 5.92 Å². The molecule has 0 atom stereocenters. The molecule has 1 aromatic heterocycles. The topological polar surface area (TPSA) is 69.6 Å². The summed E-state index contributed by atoms with van der Waals surface area (Å²) in [7, 11) is 0. The first-order valence-corrected chi connectivity index (χ1v) is 9.00. The smallest absolute Gasteiger partial charge is 0.257 e. The van der Waals surface area contributed by atoms with Crippen LogP contribution in [0, 0.1) is 5.92 Å². The Bertz CT molecular complexity index is 689. The van der Waals surface area contributed by atoms with E-state index in [2.05, 4.69) is 5.32 Å². The van der Waals surface area contributed by atoms with E-state index in [4.69, 9.17) is 9.47 Å². The molecular weight excluding hydrogens is 308 g/mol. The third-order valence-electron chi connectivity index (χ3n) is 5.16. The lowest BCUT2D eigenvalue weighted by atomic mass is 9.92. The van der Waals surface area contributed by atoms with Crippen LogP contribution in [0.25, 0.3) is 0 Å². The summed E-state index contributed by atoms with van der Waals surface area (Å²) in [6.45, 7) is 2.10. The standard InChI is InChI=1S/C18H24N2O4/c21-16-10-15(24-11-12-4-5-12)17(18(22)19-13-2-1-3-13)14-6-8-23-9-7-20(14)16/h10,12-13H,1-9,11H2,(H,19,22).